The van der Waals surface area contributed by atoms with Gasteiger partial charge in [0.1, 0.15) is 5.82 Å². The van der Waals surface area contributed by atoms with Crippen LogP contribution in [-0.2, 0) is 0 Å². The SMILES string of the molecule is CCCC1CCCCN1CC(NC)c1ccccc1F. The fourth-order valence-electron chi connectivity index (χ4n) is 3.30. The number of halogens is 1. The van der Waals surface area contributed by atoms with Crippen molar-refractivity contribution in [2.75, 3.05) is 20.1 Å². The van der Waals surface area contributed by atoms with E-state index in [9.17, 15) is 4.39 Å². The topological polar surface area (TPSA) is 15.3 Å². The first kappa shape index (κ1) is 15.5. The number of likely N-dealkylation sites (tertiary alicyclic amines) is 1. The maximum Gasteiger partial charge on any atom is 0.128 e. The molecule has 20 heavy (non-hydrogen) atoms. The molecule has 1 aromatic carbocycles. The molecular formula is C17H27FN2. The van der Waals surface area contributed by atoms with Crippen LogP contribution in [0.4, 0.5) is 4.39 Å². The summed E-state index contributed by atoms with van der Waals surface area (Å²) >= 11 is 0. The van der Waals surface area contributed by atoms with E-state index in [0.29, 0.717) is 6.04 Å². The third kappa shape index (κ3) is 3.80. The van der Waals surface area contributed by atoms with E-state index >= 15 is 0 Å². The number of piperidine rings is 1. The van der Waals surface area contributed by atoms with E-state index < -0.39 is 0 Å². The van der Waals surface area contributed by atoms with Gasteiger partial charge in [-0.15, -0.1) is 0 Å². The summed E-state index contributed by atoms with van der Waals surface area (Å²) in [5.74, 6) is -0.101. The van der Waals surface area contributed by atoms with Gasteiger partial charge >= 0.3 is 0 Å². The minimum atomic E-state index is -0.101. The van der Waals surface area contributed by atoms with Crippen molar-refractivity contribution in [1.82, 2.24) is 10.2 Å². The van der Waals surface area contributed by atoms with Crippen LogP contribution in [0.25, 0.3) is 0 Å². The lowest BCUT2D eigenvalue weighted by atomic mass is 9.96. The Morgan fingerprint density at radius 3 is 2.85 bits per heavy atom. The molecule has 0 amide bonds. The number of nitrogens with zero attached hydrogens (tertiary/aromatic N) is 1. The highest BCUT2D eigenvalue weighted by molar-refractivity contribution is 5.21. The van der Waals surface area contributed by atoms with Gasteiger partial charge in [0.05, 0.1) is 0 Å². The molecule has 3 heteroatoms. The molecule has 2 unspecified atom stereocenters. The smallest absolute Gasteiger partial charge is 0.128 e. The first-order valence-corrected chi connectivity index (χ1v) is 7.92. The summed E-state index contributed by atoms with van der Waals surface area (Å²) < 4.78 is 14.0. The average molecular weight is 278 g/mol. The number of rotatable bonds is 6. The van der Waals surface area contributed by atoms with Crippen LogP contribution in [0.3, 0.4) is 0 Å². The lowest BCUT2D eigenvalue weighted by Crippen LogP contribution is -2.44. The van der Waals surface area contributed by atoms with Gasteiger partial charge in [-0.25, -0.2) is 4.39 Å². The molecule has 1 aliphatic rings. The van der Waals surface area contributed by atoms with E-state index in [-0.39, 0.29) is 11.9 Å². The second-order valence-corrected chi connectivity index (χ2v) is 5.80. The highest BCUT2D eigenvalue weighted by Crippen LogP contribution is 2.25. The summed E-state index contributed by atoms with van der Waals surface area (Å²) in [4.78, 5) is 2.56. The Balaban J connectivity index is 2.06. The van der Waals surface area contributed by atoms with Crippen molar-refractivity contribution in [3.63, 3.8) is 0 Å². The van der Waals surface area contributed by atoms with E-state index in [4.69, 9.17) is 0 Å². The van der Waals surface area contributed by atoms with Gasteiger partial charge in [0.15, 0.2) is 0 Å². The zero-order valence-corrected chi connectivity index (χ0v) is 12.7. The molecule has 0 radical (unpaired) electrons. The zero-order chi connectivity index (χ0) is 14.4. The van der Waals surface area contributed by atoms with Gasteiger partial charge in [0, 0.05) is 24.2 Å². The molecule has 0 spiro atoms. The molecule has 0 aliphatic carbocycles. The first-order valence-electron chi connectivity index (χ1n) is 7.92. The van der Waals surface area contributed by atoms with Crippen molar-refractivity contribution in [1.29, 1.82) is 0 Å². The second-order valence-electron chi connectivity index (χ2n) is 5.80. The molecule has 2 atom stereocenters. The fraction of sp³-hybridized carbons (Fsp3) is 0.647. The molecule has 0 bridgehead atoms. The van der Waals surface area contributed by atoms with E-state index in [1.807, 2.05) is 19.2 Å². The van der Waals surface area contributed by atoms with Crippen LogP contribution in [0.15, 0.2) is 24.3 Å². The zero-order valence-electron chi connectivity index (χ0n) is 12.7. The monoisotopic (exact) mass is 278 g/mol. The summed E-state index contributed by atoms with van der Waals surface area (Å²) in [6.07, 6.45) is 6.39. The minimum Gasteiger partial charge on any atom is -0.312 e. The van der Waals surface area contributed by atoms with Crippen LogP contribution in [0.1, 0.15) is 50.6 Å². The lowest BCUT2D eigenvalue weighted by molar-refractivity contribution is 0.126. The van der Waals surface area contributed by atoms with Gasteiger partial charge in [-0.1, -0.05) is 38.0 Å². The summed E-state index contributed by atoms with van der Waals surface area (Å²) in [6.45, 7) is 4.30. The van der Waals surface area contributed by atoms with Crippen molar-refractivity contribution in [2.45, 2.75) is 51.1 Å². The van der Waals surface area contributed by atoms with Crippen molar-refractivity contribution >= 4 is 0 Å². The summed E-state index contributed by atoms with van der Waals surface area (Å²) in [6, 6.07) is 7.88. The van der Waals surface area contributed by atoms with Crippen LogP contribution < -0.4 is 5.32 Å². The van der Waals surface area contributed by atoms with Gasteiger partial charge in [0.25, 0.3) is 0 Å². The largest absolute Gasteiger partial charge is 0.312 e. The molecule has 1 N–H and O–H groups in total. The molecule has 1 heterocycles. The quantitative estimate of drug-likeness (QED) is 0.852. The van der Waals surface area contributed by atoms with E-state index in [1.165, 1.54) is 32.1 Å². The summed E-state index contributed by atoms with van der Waals surface area (Å²) in [7, 11) is 1.93. The molecule has 0 aromatic heterocycles. The van der Waals surface area contributed by atoms with Gasteiger partial charge in [-0.2, -0.15) is 0 Å². The number of likely N-dealkylation sites (N-methyl/N-ethyl adjacent to an activating group) is 1. The standard InChI is InChI=1S/C17H27FN2/c1-3-8-14-9-6-7-12-20(14)13-17(19-2)15-10-4-5-11-16(15)18/h4-5,10-11,14,17,19H,3,6-9,12-13H2,1-2H3. The van der Waals surface area contributed by atoms with Crippen LogP contribution >= 0.6 is 0 Å². The first-order chi connectivity index (χ1) is 9.76. The minimum absolute atomic E-state index is 0.0775. The number of benzene rings is 1. The normalized spacial score (nSPS) is 21.9. The number of hydrogen-bond acceptors (Lipinski definition) is 2. The predicted molar refractivity (Wildman–Crippen MR) is 82.3 cm³/mol. The van der Waals surface area contributed by atoms with Gasteiger partial charge < -0.3 is 5.32 Å². The third-order valence-corrected chi connectivity index (χ3v) is 4.42. The molecule has 2 rings (SSSR count). The Morgan fingerprint density at radius 1 is 1.35 bits per heavy atom. The van der Waals surface area contributed by atoms with E-state index in [2.05, 4.69) is 17.1 Å². The molecule has 1 saturated heterocycles. The van der Waals surface area contributed by atoms with Crippen LogP contribution in [0.2, 0.25) is 0 Å². The van der Waals surface area contributed by atoms with Crippen LogP contribution in [0.5, 0.6) is 0 Å². The molecule has 1 aliphatic heterocycles. The highest BCUT2D eigenvalue weighted by Gasteiger charge is 2.25. The van der Waals surface area contributed by atoms with E-state index in [1.54, 1.807) is 12.1 Å². The summed E-state index contributed by atoms with van der Waals surface area (Å²) in [5, 5.41) is 3.29. The Hall–Kier alpha value is -0.930. The lowest BCUT2D eigenvalue weighted by Gasteiger charge is -2.38. The molecule has 2 nitrogen and oxygen atoms in total. The van der Waals surface area contributed by atoms with Gasteiger partial charge in [-0.05, 0) is 38.9 Å². The Bertz CT molecular complexity index is 406. The highest BCUT2D eigenvalue weighted by atomic mass is 19.1. The van der Waals surface area contributed by atoms with E-state index in [0.717, 1.165) is 18.7 Å². The Morgan fingerprint density at radius 2 is 2.15 bits per heavy atom. The molecular weight excluding hydrogens is 251 g/mol. The third-order valence-electron chi connectivity index (χ3n) is 4.42. The maximum absolute atomic E-state index is 14.0. The van der Waals surface area contributed by atoms with Gasteiger partial charge in [0.2, 0.25) is 0 Å². The van der Waals surface area contributed by atoms with Gasteiger partial charge in [-0.3, -0.25) is 4.90 Å². The van der Waals surface area contributed by atoms with Crippen molar-refractivity contribution in [3.05, 3.63) is 35.6 Å². The van der Waals surface area contributed by atoms with Crippen molar-refractivity contribution in [3.8, 4) is 0 Å². The Labute approximate surface area is 122 Å². The van der Waals surface area contributed by atoms with Crippen molar-refractivity contribution < 1.29 is 4.39 Å². The summed E-state index contributed by atoms with van der Waals surface area (Å²) in [5.41, 5.74) is 0.788. The van der Waals surface area contributed by atoms with Crippen LogP contribution in [-0.4, -0.2) is 31.1 Å². The molecule has 1 aromatic rings. The maximum atomic E-state index is 14.0. The van der Waals surface area contributed by atoms with Crippen molar-refractivity contribution in [2.24, 2.45) is 0 Å². The molecule has 0 saturated carbocycles. The second kappa shape index (κ2) is 7.75. The number of hydrogen-bond donors (Lipinski definition) is 1. The average Bonchev–Trinajstić information content (AvgIpc) is 2.47. The van der Waals surface area contributed by atoms with Crippen LogP contribution in [0, 0.1) is 5.82 Å². The molecule has 1 fully saturated rings. The fourth-order valence-corrected chi connectivity index (χ4v) is 3.30. The predicted octanol–water partition coefficient (Wildman–Crippen LogP) is 3.74. The molecule has 112 valence electrons. The number of nitrogens with one attached hydrogen (secondary N) is 1. The Kier molecular flexibility index (Phi) is 5.99.